The summed E-state index contributed by atoms with van der Waals surface area (Å²) in [4.78, 5) is 30.2. The summed E-state index contributed by atoms with van der Waals surface area (Å²) in [6.07, 6.45) is 8.13. The number of hydrogen-bond acceptors (Lipinski definition) is 7. The Kier molecular flexibility index (Phi) is 6.43. The monoisotopic (exact) mass is 440 g/mol. The maximum atomic E-state index is 13.0. The van der Waals surface area contributed by atoms with Crippen LogP contribution in [-0.2, 0) is 24.7 Å². The minimum absolute atomic E-state index is 0.0730. The van der Waals surface area contributed by atoms with E-state index in [9.17, 15) is 9.59 Å². The Bertz CT molecular complexity index is 1070. The molecule has 0 unspecified atom stereocenters. The zero-order valence-electron chi connectivity index (χ0n) is 17.1. The number of aryl methyl sites for hydroxylation is 2. The van der Waals surface area contributed by atoms with Crippen molar-refractivity contribution in [2.45, 2.75) is 54.8 Å². The van der Waals surface area contributed by atoms with Crippen molar-refractivity contribution in [1.82, 2.24) is 19.7 Å². The fourth-order valence-electron chi connectivity index (χ4n) is 3.80. The smallest absolute Gasteiger partial charge is 0.196 e. The summed E-state index contributed by atoms with van der Waals surface area (Å²) in [5.74, 6) is 0.388. The molecule has 156 valence electrons. The van der Waals surface area contributed by atoms with E-state index in [1.807, 2.05) is 36.7 Å². The highest BCUT2D eigenvalue weighted by Gasteiger charge is 2.26. The van der Waals surface area contributed by atoms with Crippen molar-refractivity contribution in [2.24, 2.45) is 13.0 Å². The minimum Gasteiger partial charge on any atom is -0.311 e. The van der Waals surface area contributed by atoms with Crippen molar-refractivity contribution >= 4 is 34.7 Å². The van der Waals surface area contributed by atoms with Gasteiger partial charge in [-0.05, 0) is 43.2 Å². The number of carbonyl (C=O) groups is 2. The van der Waals surface area contributed by atoms with E-state index in [1.165, 1.54) is 23.1 Å². The van der Waals surface area contributed by atoms with Gasteiger partial charge in [0.15, 0.2) is 10.9 Å². The van der Waals surface area contributed by atoms with Gasteiger partial charge in [-0.25, -0.2) is 4.98 Å². The van der Waals surface area contributed by atoms with Crippen molar-refractivity contribution in [1.29, 1.82) is 0 Å². The molecule has 8 heteroatoms. The van der Waals surface area contributed by atoms with Crippen molar-refractivity contribution in [3.63, 3.8) is 0 Å². The summed E-state index contributed by atoms with van der Waals surface area (Å²) in [5, 5.41) is 9.49. The predicted octanol–water partition coefficient (Wildman–Crippen LogP) is 4.46. The average Bonchev–Trinajstić information content (AvgIpc) is 3.47. The van der Waals surface area contributed by atoms with E-state index < -0.39 is 0 Å². The molecule has 3 aromatic rings. The summed E-state index contributed by atoms with van der Waals surface area (Å²) >= 11 is 2.98. The molecule has 2 aromatic heterocycles. The molecule has 1 aliphatic carbocycles. The first kappa shape index (κ1) is 20.9. The SMILES string of the molecule is Cc1ccc(CC(=O)Cc2ncc(Sc3nncn3C)s2)c(C(=O)C2CCCC2)c1. The summed E-state index contributed by atoms with van der Waals surface area (Å²) < 4.78 is 2.82. The van der Waals surface area contributed by atoms with Crippen molar-refractivity contribution in [3.8, 4) is 0 Å². The molecule has 1 aliphatic rings. The molecule has 30 heavy (non-hydrogen) atoms. The van der Waals surface area contributed by atoms with Crippen LogP contribution in [-0.4, -0.2) is 31.3 Å². The molecule has 2 heterocycles. The summed E-state index contributed by atoms with van der Waals surface area (Å²) in [5.41, 5.74) is 2.62. The van der Waals surface area contributed by atoms with E-state index in [4.69, 9.17) is 0 Å². The average molecular weight is 441 g/mol. The van der Waals surface area contributed by atoms with Crippen LogP contribution in [0, 0.1) is 12.8 Å². The quantitative estimate of drug-likeness (QED) is 0.481. The van der Waals surface area contributed by atoms with Gasteiger partial charge in [0.25, 0.3) is 0 Å². The summed E-state index contributed by atoms with van der Waals surface area (Å²) in [6, 6.07) is 5.86. The molecule has 0 spiro atoms. The Labute approximate surface area is 184 Å². The molecular weight excluding hydrogens is 416 g/mol. The van der Waals surface area contributed by atoms with Gasteiger partial charge in [-0.2, -0.15) is 0 Å². The number of hydrogen-bond donors (Lipinski definition) is 0. The molecule has 1 aromatic carbocycles. The Morgan fingerprint density at radius 2 is 2.03 bits per heavy atom. The van der Waals surface area contributed by atoms with Crippen LogP contribution in [0.5, 0.6) is 0 Å². The van der Waals surface area contributed by atoms with Crippen LogP contribution in [0.1, 0.15) is 52.2 Å². The second kappa shape index (κ2) is 9.22. The molecule has 6 nitrogen and oxygen atoms in total. The third-order valence-corrected chi connectivity index (χ3v) is 7.54. The second-order valence-corrected chi connectivity index (χ2v) is 10.2. The Morgan fingerprint density at radius 3 is 2.77 bits per heavy atom. The lowest BCUT2D eigenvalue weighted by Crippen LogP contribution is -2.16. The number of nitrogens with zero attached hydrogens (tertiary/aromatic N) is 4. The number of benzene rings is 1. The van der Waals surface area contributed by atoms with Crippen LogP contribution in [0.25, 0.3) is 0 Å². The van der Waals surface area contributed by atoms with Crippen LogP contribution >= 0.6 is 23.1 Å². The normalized spacial score (nSPS) is 14.3. The van der Waals surface area contributed by atoms with Gasteiger partial charge in [0.2, 0.25) is 0 Å². The van der Waals surface area contributed by atoms with Gasteiger partial charge in [0, 0.05) is 24.9 Å². The van der Waals surface area contributed by atoms with Crippen LogP contribution < -0.4 is 0 Å². The van der Waals surface area contributed by atoms with Gasteiger partial charge >= 0.3 is 0 Å². The lowest BCUT2D eigenvalue weighted by molar-refractivity contribution is -0.117. The van der Waals surface area contributed by atoms with E-state index in [0.29, 0.717) is 0 Å². The Balaban J connectivity index is 1.43. The van der Waals surface area contributed by atoms with Gasteiger partial charge in [-0.1, -0.05) is 30.5 Å². The van der Waals surface area contributed by atoms with E-state index in [0.717, 1.165) is 56.7 Å². The molecule has 0 atom stereocenters. The number of thiazole rings is 1. The Morgan fingerprint density at radius 1 is 1.23 bits per heavy atom. The largest absolute Gasteiger partial charge is 0.311 e. The van der Waals surface area contributed by atoms with Crippen molar-refractivity contribution < 1.29 is 9.59 Å². The van der Waals surface area contributed by atoms with E-state index in [1.54, 1.807) is 12.5 Å². The molecule has 0 saturated heterocycles. The first-order chi connectivity index (χ1) is 14.5. The standard InChI is InChI=1S/C22H24N4O2S2/c1-14-7-8-16(18(9-14)21(28)15-5-3-4-6-15)10-17(27)11-19-23-12-20(29-19)30-22-25-24-13-26(22)2/h7-9,12-13,15H,3-6,10-11H2,1-2H3. The number of aromatic nitrogens is 4. The van der Waals surface area contributed by atoms with Gasteiger partial charge in [-0.15, -0.1) is 21.5 Å². The zero-order valence-corrected chi connectivity index (χ0v) is 18.8. The van der Waals surface area contributed by atoms with Crippen LogP contribution in [0.4, 0.5) is 0 Å². The van der Waals surface area contributed by atoms with E-state index >= 15 is 0 Å². The van der Waals surface area contributed by atoms with Crippen LogP contribution in [0.15, 0.2) is 40.1 Å². The zero-order chi connectivity index (χ0) is 21.1. The molecule has 1 saturated carbocycles. The third kappa shape index (κ3) is 4.87. The highest BCUT2D eigenvalue weighted by atomic mass is 32.2. The number of Topliss-reactive ketones (excluding diaryl/α,β-unsaturated/α-hetero) is 2. The van der Waals surface area contributed by atoms with E-state index in [2.05, 4.69) is 15.2 Å². The van der Waals surface area contributed by atoms with E-state index in [-0.39, 0.29) is 30.3 Å². The molecule has 0 amide bonds. The lowest BCUT2D eigenvalue weighted by Gasteiger charge is -2.13. The molecule has 0 N–H and O–H groups in total. The van der Waals surface area contributed by atoms with Crippen molar-refractivity contribution in [2.75, 3.05) is 0 Å². The summed E-state index contributed by atoms with van der Waals surface area (Å²) in [7, 11) is 1.89. The number of carbonyl (C=O) groups excluding carboxylic acids is 2. The molecule has 0 radical (unpaired) electrons. The van der Waals surface area contributed by atoms with Crippen molar-refractivity contribution in [3.05, 3.63) is 52.4 Å². The maximum absolute atomic E-state index is 13.0. The second-order valence-electron chi connectivity index (χ2n) is 7.80. The molecular formula is C22H24N4O2S2. The van der Waals surface area contributed by atoms with Crippen LogP contribution in [0.3, 0.4) is 0 Å². The fraction of sp³-hybridized carbons (Fsp3) is 0.409. The first-order valence-electron chi connectivity index (χ1n) is 10.1. The predicted molar refractivity (Wildman–Crippen MR) is 117 cm³/mol. The number of ketones is 2. The maximum Gasteiger partial charge on any atom is 0.196 e. The molecule has 0 bridgehead atoms. The van der Waals surface area contributed by atoms with Gasteiger partial charge < -0.3 is 4.57 Å². The van der Waals surface area contributed by atoms with Gasteiger partial charge in [0.05, 0.1) is 16.8 Å². The van der Waals surface area contributed by atoms with Gasteiger partial charge in [0.1, 0.15) is 17.1 Å². The Hall–Kier alpha value is -2.32. The van der Waals surface area contributed by atoms with Crippen LogP contribution in [0.2, 0.25) is 0 Å². The molecule has 1 fully saturated rings. The van der Waals surface area contributed by atoms with Gasteiger partial charge in [-0.3, -0.25) is 9.59 Å². The fourth-order valence-corrected chi connectivity index (χ4v) is 5.72. The lowest BCUT2D eigenvalue weighted by atomic mass is 9.90. The highest BCUT2D eigenvalue weighted by molar-refractivity contribution is 8.01. The third-order valence-electron chi connectivity index (χ3n) is 5.39. The topological polar surface area (TPSA) is 77.7 Å². The molecule has 4 rings (SSSR count). The number of rotatable bonds is 8. The highest BCUT2D eigenvalue weighted by Crippen LogP contribution is 2.31. The minimum atomic E-state index is 0.0730. The first-order valence-corrected chi connectivity index (χ1v) is 11.7. The summed E-state index contributed by atoms with van der Waals surface area (Å²) in [6.45, 7) is 1.99. The molecule has 0 aliphatic heterocycles.